The number of rotatable bonds is 10. The van der Waals surface area contributed by atoms with E-state index in [1.54, 1.807) is 12.1 Å². The van der Waals surface area contributed by atoms with Crippen LogP contribution in [0.25, 0.3) is 0 Å². The van der Waals surface area contributed by atoms with E-state index in [-0.39, 0.29) is 24.9 Å². The van der Waals surface area contributed by atoms with Gasteiger partial charge in [-0.2, -0.15) is 0 Å². The first-order valence-corrected chi connectivity index (χ1v) is 7.13. The van der Waals surface area contributed by atoms with E-state index in [1.165, 1.54) is 6.07 Å². The largest absolute Gasteiger partial charge is 0.396 e. The number of nitro benzene ring substituents is 1. The average molecular weight is 297 g/mol. The third-order valence-electron chi connectivity index (χ3n) is 3.07. The lowest BCUT2D eigenvalue weighted by atomic mass is 10.1. The molecule has 0 aliphatic heterocycles. The minimum Gasteiger partial charge on any atom is -0.396 e. The van der Waals surface area contributed by atoms with E-state index in [9.17, 15) is 15.2 Å². The van der Waals surface area contributed by atoms with Gasteiger partial charge in [-0.25, -0.2) is 0 Å². The summed E-state index contributed by atoms with van der Waals surface area (Å²) in [5.74, 6) is 0. The van der Waals surface area contributed by atoms with Crippen LogP contribution in [0.4, 0.5) is 17.1 Å². The lowest BCUT2D eigenvalue weighted by Crippen LogP contribution is -2.23. The summed E-state index contributed by atoms with van der Waals surface area (Å²) in [6.07, 6.45) is 2.24. The first-order chi connectivity index (χ1) is 10.1. The van der Waals surface area contributed by atoms with E-state index in [0.29, 0.717) is 24.3 Å². The van der Waals surface area contributed by atoms with Crippen LogP contribution in [0.1, 0.15) is 26.2 Å². The van der Waals surface area contributed by atoms with Crippen molar-refractivity contribution >= 4 is 17.1 Å². The predicted octanol–water partition coefficient (Wildman–Crippen LogP) is 1.96. The van der Waals surface area contributed by atoms with Crippen LogP contribution in [-0.2, 0) is 0 Å². The molecule has 0 saturated carbocycles. The van der Waals surface area contributed by atoms with Crippen LogP contribution in [-0.4, -0.2) is 40.9 Å². The zero-order chi connectivity index (χ0) is 15.7. The Kier molecular flexibility index (Phi) is 7.49. The third kappa shape index (κ3) is 5.57. The summed E-state index contributed by atoms with van der Waals surface area (Å²) in [4.78, 5) is 10.7. The SMILES string of the molecule is CCCC(CO)Nc1ccc(NCCCO)c([N+](=O)[O-])c1. The number of benzene rings is 1. The summed E-state index contributed by atoms with van der Waals surface area (Å²) < 4.78 is 0. The van der Waals surface area contributed by atoms with Crippen LogP contribution in [0.2, 0.25) is 0 Å². The minimum atomic E-state index is -0.444. The molecule has 1 atom stereocenters. The van der Waals surface area contributed by atoms with Crippen molar-refractivity contribution < 1.29 is 15.1 Å². The fourth-order valence-electron chi connectivity index (χ4n) is 2.02. The second-order valence-electron chi connectivity index (χ2n) is 4.81. The van der Waals surface area contributed by atoms with E-state index < -0.39 is 4.92 Å². The molecule has 118 valence electrons. The van der Waals surface area contributed by atoms with Crippen molar-refractivity contribution in [2.75, 3.05) is 30.4 Å². The quantitative estimate of drug-likeness (QED) is 0.299. The fraction of sp³-hybridized carbons (Fsp3) is 0.571. The van der Waals surface area contributed by atoms with E-state index in [4.69, 9.17) is 5.11 Å². The minimum absolute atomic E-state index is 0.0157. The Morgan fingerprint density at radius 3 is 2.71 bits per heavy atom. The van der Waals surface area contributed by atoms with Crippen molar-refractivity contribution in [1.29, 1.82) is 0 Å². The topological polar surface area (TPSA) is 108 Å². The normalized spacial score (nSPS) is 12.0. The Morgan fingerprint density at radius 2 is 2.14 bits per heavy atom. The number of aliphatic hydroxyl groups is 2. The predicted molar refractivity (Wildman–Crippen MR) is 82.7 cm³/mol. The third-order valence-corrected chi connectivity index (χ3v) is 3.07. The molecule has 0 heterocycles. The van der Waals surface area contributed by atoms with Crippen LogP contribution in [0, 0.1) is 10.1 Å². The molecule has 1 aromatic rings. The molecule has 0 fully saturated rings. The molecule has 7 heteroatoms. The monoisotopic (exact) mass is 297 g/mol. The lowest BCUT2D eigenvalue weighted by Gasteiger charge is -2.17. The summed E-state index contributed by atoms with van der Waals surface area (Å²) >= 11 is 0. The number of anilines is 2. The molecule has 0 aromatic heterocycles. The first-order valence-electron chi connectivity index (χ1n) is 7.13. The van der Waals surface area contributed by atoms with Gasteiger partial charge in [0.2, 0.25) is 0 Å². The molecule has 7 nitrogen and oxygen atoms in total. The summed E-state index contributed by atoms with van der Waals surface area (Å²) in [5.41, 5.74) is 1.02. The number of hydrogen-bond acceptors (Lipinski definition) is 6. The number of nitro groups is 1. The molecular weight excluding hydrogens is 274 g/mol. The van der Waals surface area contributed by atoms with Crippen molar-refractivity contribution in [2.45, 2.75) is 32.2 Å². The summed E-state index contributed by atoms with van der Waals surface area (Å²) in [6.45, 7) is 2.51. The van der Waals surface area contributed by atoms with Gasteiger partial charge in [0.15, 0.2) is 0 Å². The highest BCUT2D eigenvalue weighted by Crippen LogP contribution is 2.28. The fourth-order valence-corrected chi connectivity index (χ4v) is 2.02. The maximum absolute atomic E-state index is 11.1. The zero-order valence-corrected chi connectivity index (χ0v) is 12.2. The number of hydrogen-bond donors (Lipinski definition) is 4. The molecule has 1 rings (SSSR count). The van der Waals surface area contributed by atoms with Gasteiger partial charge in [0.05, 0.1) is 11.5 Å². The zero-order valence-electron chi connectivity index (χ0n) is 12.2. The van der Waals surface area contributed by atoms with Gasteiger partial charge >= 0.3 is 0 Å². The second kappa shape index (κ2) is 9.15. The van der Waals surface area contributed by atoms with Crippen LogP contribution in [0.3, 0.4) is 0 Å². The number of nitrogens with zero attached hydrogens (tertiary/aromatic N) is 1. The standard InChI is InChI=1S/C14H23N3O4/c1-2-4-12(10-19)16-11-5-6-13(15-7-3-8-18)14(9-11)17(20)21/h5-6,9,12,15-16,18-19H,2-4,7-8,10H2,1H3. The first kappa shape index (κ1) is 17.2. The van der Waals surface area contributed by atoms with Crippen molar-refractivity contribution in [3.63, 3.8) is 0 Å². The molecule has 4 N–H and O–H groups in total. The van der Waals surface area contributed by atoms with Crippen molar-refractivity contribution in [1.82, 2.24) is 0 Å². The summed E-state index contributed by atoms with van der Waals surface area (Å²) in [5, 5.41) is 35.2. The highest BCUT2D eigenvalue weighted by Gasteiger charge is 2.15. The number of aliphatic hydroxyl groups excluding tert-OH is 2. The van der Waals surface area contributed by atoms with E-state index in [1.807, 2.05) is 6.92 Å². The Labute approximate surface area is 124 Å². The lowest BCUT2D eigenvalue weighted by molar-refractivity contribution is -0.383. The van der Waals surface area contributed by atoms with Gasteiger partial charge in [-0.15, -0.1) is 0 Å². The molecule has 1 unspecified atom stereocenters. The Hall–Kier alpha value is -1.86. The van der Waals surface area contributed by atoms with E-state index in [2.05, 4.69) is 10.6 Å². The van der Waals surface area contributed by atoms with Crippen LogP contribution >= 0.6 is 0 Å². The molecule has 0 bridgehead atoms. The summed E-state index contributed by atoms with van der Waals surface area (Å²) in [7, 11) is 0. The summed E-state index contributed by atoms with van der Waals surface area (Å²) in [6, 6.07) is 4.73. The number of nitrogens with one attached hydrogen (secondary N) is 2. The second-order valence-corrected chi connectivity index (χ2v) is 4.81. The van der Waals surface area contributed by atoms with Gasteiger partial charge in [-0.3, -0.25) is 10.1 Å². The molecule has 0 spiro atoms. The van der Waals surface area contributed by atoms with Gasteiger partial charge < -0.3 is 20.8 Å². The van der Waals surface area contributed by atoms with Gasteiger partial charge in [0.1, 0.15) is 5.69 Å². The van der Waals surface area contributed by atoms with Crippen molar-refractivity contribution in [2.24, 2.45) is 0 Å². The highest BCUT2D eigenvalue weighted by molar-refractivity contribution is 5.68. The highest BCUT2D eigenvalue weighted by atomic mass is 16.6. The maximum atomic E-state index is 11.1. The maximum Gasteiger partial charge on any atom is 0.294 e. The van der Waals surface area contributed by atoms with Crippen molar-refractivity contribution in [3.05, 3.63) is 28.3 Å². The Morgan fingerprint density at radius 1 is 1.38 bits per heavy atom. The van der Waals surface area contributed by atoms with Crippen LogP contribution < -0.4 is 10.6 Å². The molecule has 1 aromatic carbocycles. The molecule has 0 amide bonds. The van der Waals surface area contributed by atoms with Crippen LogP contribution in [0.5, 0.6) is 0 Å². The average Bonchev–Trinajstić information content (AvgIpc) is 2.48. The molecule has 0 aliphatic carbocycles. The van der Waals surface area contributed by atoms with Gasteiger partial charge in [-0.05, 0) is 25.0 Å². The van der Waals surface area contributed by atoms with Crippen molar-refractivity contribution in [3.8, 4) is 0 Å². The Bertz CT molecular complexity index is 454. The molecule has 0 saturated heterocycles. The molecule has 0 aliphatic rings. The Balaban J connectivity index is 2.84. The molecule has 0 radical (unpaired) electrons. The van der Waals surface area contributed by atoms with E-state index >= 15 is 0 Å². The van der Waals surface area contributed by atoms with Crippen LogP contribution in [0.15, 0.2) is 18.2 Å². The smallest absolute Gasteiger partial charge is 0.294 e. The van der Waals surface area contributed by atoms with Gasteiger partial charge in [0.25, 0.3) is 5.69 Å². The molecule has 21 heavy (non-hydrogen) atoms. The molecular formula is C14H23N3O4. The van der Waals surface area contributed by atoms with E-state index in [0.717, 1.165) is 12.8 Å². The van der Waals surface area contributed by atoms with Gasteiger partial charge in [0, 0.05) is 30.9 Å². The van der Waals surface area contributed by atoms with Gasteiger partial charge in [-0.1, -0.05) is 13.3 Å².